The molecule has 0 spiro atoms. The summed E-state index contributed by atoms with van der Waals surface area (Å²) in [5.41, 5.74) is 0.169. The van der Waals surface area contributed by atoms with Gasteiger partial charge < -0.3 is 10.4 Å². The normalized spacial score (nSPS) is 18.5. The second-order valence-electron chi connectivity index (χ2n) is 7.01. The first-order chi connectivity index (χ1) is 11.5. The van der Waals surface area contributed by atoms with E-state index in [1.54, 1.807) is 23.9 Å². The van der Waals surface area contributed by atoms with E-state index in [1.807, 2.05) is 6.92 Å². The van der Waals surface area contributed by atoms with Gasteiger partial charge in [0.25, 0.3) is 0 Å². The molecule has 1 fully saturated rings. The second kappa shape index (κ2) is 8.86. The van der Waals surface area contributed by atoms with Gasteiger partial charge in [-0.2, -0.15) is 0 Å². The predicted octanol–water partition coefficient (Wildman–Crippen LogP) is 3.86. The zero-order valence-electron chi connectivity index (χ0n) is 14.6. The zero-order chi connectivity index (χ0) is 17.6. The van der Waals surface area contributed by atoms with Gasteiger partial charge in [0.2, 0.25) is 5.91 Å². The van der Waals surface area contributed by atoms with Gasteiger partial charge in [-0.15, -0.1) is 11.8 Å². The van der Waals surface area contributed by atoms with Gasteiger partial charge >= 0.3 is 0 Å². The zero-order valence-corrected chi connectivity index (χ0v) is 15.4. The number of amides is 1. The van der Waals surface area contributed by atoms with Gasteiger partial charge in [-0.05, 0) is 54.9 Å². The lowest BCUT2D eigenvalue weighted by molar-refractivity contribution is -0.125. The van der Waals surface area contributed by atoms with Crippen LogP contribution in [0.1, 0.15) is 39.5 Å². The molecule has 0 aromatic heterocycles. The molecule has 2 unspecified atom stereocenters. The van der Waals surface area contributed by atoms with Crippen molar-refractivity contribution in [3.8, 4) is 0 Å². The van der Waals surface area contributed by atoms with Crippen LogP contribution in [0.2, 0.25) is 0 Å². The van der Waals surface area contributed by atoms with E-state index >= 15 is 0 Å². The lowest BCUT2D eigenvalue weighted by Crippen LogP contribution is -2.47. The van der Waals surface area contributed by atoms with E-state index < -0.39 is 0 Å². The number of rotatable bonds is 9. The smallest absolute Gasteiger partial charge is 0.223 e. The van der Waals surface area contributed by atoms with E-state index in [0.29, 0.717) is 18.2 Å². The minimum atomic E-state index is -0.243. The highest BCUT2D eigenvalue weighted by atomic mass is 32.2. The molecule has 0 saturated heterocycles. The molecule has 1 aliphatic carbocycles. The van der Waals surface area contributed by atoms with Crippen LogP contribution in [0.4, 0.5) is 4.39 Å². The average Bonchev–Trinajstić information content (AvgIpc) is 2.53. The molecule has 24 heavy (non-hydrogen) atoms. The van der Waals surface area contributed by atoms with Crippen LogP contribution in [0.15, 0.2) is 29.2 Å². The van der Waals surface area contributed by atoms with Crippen molar-refractivity contribution in [1.82, 2.24) is 5.32 Å². The molecule has 5 heteroatoms. The number of carbonyl (C=O) groups excluding carboxylic acids is 1. The molecule has 3 nitrogen and oxygen atoms in total. The number of thioether (sulfide) groups is 1. The fourth-order valence-corrected chi connectivity index (χ4v) is 4.16. The maximum atomic E-state index is 12.9. The number of halogens is 1. The van der Waals surface area contributed by atoms with Crippen molar-refractivity contribution in [3.05, 3.63) is 30.1 Å². The van der Waals surface area contributed by atoms with Crippen LogP contribution in [0.5, 0.6) is 0 Å². The number of aliphatic hydroxyl groups is 1. The van der Waals surface area contributed by atoms with Gasteiger partial charge in [-0.1, -0.05) is 20.3 Å². The van der Waals surface area contributed by atoms with E-state index in [4.69, 9.17) is 5.11 Å². The maximum Gasteiger partial charge on any atom is 0.223 e. The summed E-state index contributed by atoms with van der Waals surface area (Å²) in [6.07, 6.45) is 4.27. The number of carbonyl (C=O) groups is 1. The molecule has 1 amide bonds. The van der Waals surface area contributed by atoms with Crippen LogP contribution in [-0.4, -0.2) is 29.9 Å². The highest BCUT2D eigenvalue weighted by Crippen LogP contribution is 2.47. The molecular weight excluding hydrogens is 325 g/mol. The monoisotopic (exact) mass is 353 g/mol. The van der Waals surface area contributed by atoms with Gasteiger partial charge in [0.1, 0.15) is 5.82 Å². The summed E-state index contributed by atoms with van der Waals surface area (Å²) in [5, 5.41) is 12.3. The molecule has 134 valence electrons. The van der Waals surface area contributed by atoms with Crippen molar-refractivity contribution >= 4 is 17.7 Å². The van der Waals surface area contributed by atoms with E-state index in [2.05, 4.69) is 12.2 Å². The molecule has 0 aliphatic heterocycles. The minimum absolute atomic E-state index is 0.0760. The predicted molar refractivity (Wildman–Crippen MR) is 96.4 cm³/mol. The lowest BCUT2D eigenvalue weighted by atomic mass is 9.60. The van der Waals surface area contributed by atoms with Crippen molar-refractivity contribution in [2.45, 2.75) is 44.4 Å². The number of benzene rings is 1. The van der Waals surface area contributed by atoms with Crippen molar-refractivity contribution < 1.29 is 14.3 Å². The molecule has 0 bridgehead atoms. The third-order valence-electron chi connectivity index (χ3n) is 5.33. The van der Waals surface area contributed by atoms with Crippen LogP contribution in [0.25, 0.3) is 0 Å². The highest BCUT2D eigenvalue weighted by molar-refractivity contribution is 7.99. The average molecular weight is 354 g/mol. The molecule has 1 aromatic carbocycles. The molecular formula is C19H28FNO2S. The Morgan fingerprint density at radius 1 is 1.33 bits per heavy atom. The Balaban J connectivity index is 1.77. The molecule has 1 aliphatic rings. The van der Waals surface area contributed by atoms with Crippen molar-refractivity contribution in [2.75, 3.05) is 18.9 Å². The fraction of sp³-hybridized carbons (Fsp3) is 0.632. The number of nitrogens with one attached hydrogen (secondary N) is 1. The molecule has 2 rings (SSSR count). The van der Waals surface area contributed by atoms with E-state index in [0.717, 1.165) is 24.2 Å². The summed E-state index contributed by atoms with van der Waals surface area (Å²) in [6, 6.07) is 6.36. The molecule has 2 atom stereocenters. The van der Waals surface area contributed by atoms with Gasteiger partial charge in [-0.3, -0.25) is 4.79 Å². The van der Waals surface area contributed by atoms with Crippen LogP contribution in [0.3, 0.4) is 0 Å². The summed E-state index contributed by atoms with van der Waals surface area (Å²) in [5.74, 6) is 0.849. The Kier molecular flexibility index (Phi) is 7.11. The Morgan fingerprint density at radius 3 is 2.54 bits per heavy atom. The van der Waals surface area contributed by atoms with Crippen molar-refractivity contribution in [2.24, 2.45) is 17.3 Å². The lowest BCUT2D eigenvalue weighted by Gasteiger charge is -2.47. The van der Waals surface area contributed by atoms with Crippen LogP contribution < -0.4 is 5.32 Å². The molecule has 0 heterocycles. The topological polar surface area (TPSA) is 49.3 Å². The Morgan fingerprint density at radius 2 is 2.00 bits per heavy atom. The van der Waals surface area contributed by atoms with Gasteiger partial charge in [-0.25, -0.2) is 4.39 Å². The number of hydrogen-bond donors (Lipinski definition) is 2. The second-order valence-corrected chi connectivity index (χ2v) is 8.11. The minimum Gasteiger partial charge on any atom is -0.396 e. The first-order valence-electron chi connectivity index (χ1n) is 8.74. The van der Waals surface area contributed by atoms with Crippen LogP contribution >= 0.6 is 11.8 Å². The third-order valence-corrected chi connectivity index (χ3v) is 6.60. The fourth-order valence-electron chi connectivity index (χ4n) is 3.24. The van der Waals surface area contributed by atoms with Gasteiger partial charge in [0.15, 0.2) is 0 Å². The SMILES string of the molecule is CC(CSc1ccc(F)cc1)C(=O)NCC1(C(C)CCO)CCC1. The first-order valence-corrected chi connectivity index (χ1v) is 9.72. The Bertz CT molecular complexity index is 531. The summed E-state index contributed by atoms with van der Waals surface area (Å²) >= 11 is 1.57. The Labute approximate surface area is 148 Å². The number of hydrogen-bond acceptors (Lipinski definition) is 3. The van der Waals surface area contributed by atoms with E-state index in [-0.39, 0.29) is 29.7 Å². The summed E-state index contributed by atoms with van der Waals surface area (Å²) in [6.45, 7) is 5.02. The van der Waals surface area contributed by atoms with Crippen LogP contribution in [-0.2, 0) is 4.79 Å². The molecule has 0 radical (unpaired) electrons. The quantitative estimate of drug-likeness (QED) is 0.663. The summed E-state index contributed by atoms with van der Waals surface area (Å²) < 4.78 is 12.9. The van der Waals surface area contributed by atoms with Gasteiger partial charge in [0, 0.05) is 29.7 Å². The van der Waals surface area contributed by atoms with Crippen molar-refractivity contribution in [1.29, 1.82) is 0 Å². The van der Waals surface area contributed by atoms with Crippen molar-refractivity contribution in [3.63, 3.8) is 0 Å². The largest absolute Gasteiger partial charge is 0.396 e. The standard InChI is InChI=1S/C19H28FNO2S/c1-14(12-24-17-6-4-16(20)5-7-17)18(23)21-13-19(9-3-10-19)15(2)8-11-22/h4-7,14-15,22H,3,8-13H2,1-2H3,(H,21,23). The summed E-state index contributed by atoms with van der Waals surface area (Å²) in [7, 11) is 0. The maximum absolute atomic E-state index is 12.9. The molecule has 1 saturated carbocycles. The van der Waals surface area contributed by atoms with Gasteiger partial charge in [0.05, 0.1) is 0 Å². The Hall–Kier alpha value is -1.07. The molecule has 2 N–H and O–H groups in total. The molecule has 1 aromatic rings. The van der Waals surface area contributed by atoms with E-state index in [9.17, 15) is 9.18 Å². The summed E-state index contributed by atoms with van der Waals surface area (Å²) in [4.78, 5) is 13.3. The van der Waals surface area contributed by atoms with Crippen LogP contribution in [0, 0.1) is 23.1 Å². The number of aliphatic hydroxyl groups excluding tert-OH is 1. The third kappa shape index (κ3) is 4.96. The highest BCUT2D eigenvalue weighted by Gasteiger charge is 2.41. The van der Waals surface area contributed by atoms with E-state index in [1.165, 1.54) is 18.6 Å². The first kappa shape index (κ1) is 19.3.